The van der Waals surface area contributed by atoms with Crippen molar-refractivity contribution in [2.24, 2.45) is 0 Å². The molecule has 6 nitrogen and oxygen atoms in total. The Morgan fingerprint density at radius 3 is 2.44 bits per heavy atom. The Labute approximate surface area is 91.3 Å². The van der Waals surface area contributed by atoms with Crippen molar-refractivity contribution in [3.05, 3.63) is 41.6 Å². The van der Waals surface area contributed by atoms with Gasteiger partial charge in [0.25, 0.3) is 0 Å². The molecule has 1 heterocycles. The number of rotatable bonds is 2. The molecule has 0 radical (unpaired) electrons. The summed E-state index contributed by atoms with van der Waals surface area (Å²) in [6.45, 7) is 0. The van der Waals surface area contributed by atoms with Gasteiger partial charge < -0.3 is 11.5 Å². The summed E-state index contributed by atoms with van der Waals surface area (Å²) in [5.41, 5.74) is 11.6. The lowest BCUT2D eigenvalue weighted by Crippen LogP contribution is -2.13. The van der Waals surface area contributed by atoms with Crippen molar-refractivity contribution in [1.29, 1.82) is 0 Å². The van der Waals surface area contributed by atoms with Crippen LogP contribution in [0.3, 0.4) is 0 Å². The van der Waals surface area contributed by atoms with Gasteiger partial charge in [-0.3, -0.25) is 4.79 Å². The van der Waals surface area contributed by atoms with Crippen molar-refractivity contribution in [3.8, 4) is 0 Å². The van der Waals surface area contributed by atoms with Gasteiger partial charge in [0.05, 0.1) is 0 Å². The van der Waals surface area contributed by atoms with Crippen molar-refractivity contribution >= 4 is 17.3 Å². The van der Waals surface area contributed by atoms with Crippen LogP contribution in [-0.4, -0.2) is 21.2 Å². The predicted molar refractivity (Wildman–Crippen MR) is 58.5 cm³/mol. The Bertz CT molecular complexity index is 526. The highest BCUT2D eigenvalue weighted by atomic mass is 16.1. The van der Waals surface area contributed by atoms with Crippen LogP contribution in [0.5, 0.6) is 0 Å². The van der Waals surface area contributed by atoms with E-state index in [1.807, 2.05) is 6.07 Å². The minimum Gasteiger partial charge on any atom is -0.394 e. The number of ketones is 1. The van der Waals surface area contributed by atoms with Crippen molar-refractivity contribution in [3.63, 3.8) is 0 Å². The maximum atomic E-state index is 12.0. The van der Waals surface area contributed by atoms with Crippen LogP contribution in [0.25, 0.3) is 0 Å². The number of nitrogens with two attached hydrogens (primary N) is 2. The molecular weight excluding hydrogens is 206 g/mol. The molecule has 0 amide bonds. The van der Waals surface area contributed by atoms with Crippen LogP contribution in [0.4, 0.5) is 11.5 Å². The fourth-order valence-corrected chi connectivity index (χ4v) is 1.24. The third-order valence-electron chi connectivity index (χ3n) is 2.08. The molecule has 2 aromatic rings. The molecule has 0 fully saturated rings. The third kappa shape index (κ3) is 1.68. The smallest absolute Gasteiger partial charge is 0.215 e. The number of carbonyl (C=O) groups is 1. The summed E-state index contributed by atoms with van der Waals surface area (Å²) < 4.78 is 0. The van der Waals surface area contributed by atoms with Crippen LogP contribution in [-0.2, 0) is 0 Å². The number of benzene rings is 1. The van der Waals surface area contributed by atoms with Gasteiger partial charge in [0, 0.05) is 5.56 Å². The highest BCUT2D eigenvalue weighted by Gasteiger charge is 2.16. The summed E-state index contributed by atoms with van der Waals surface area (Å²) in [4.78, 5) is 12.0. The molecule has 16 heavy (non-hydrogen) atoms. The normalized spacial score (nSPS) is 10.0. The van der Waals surface area contributed by atoms with E-state index in [9.17, 15) is 4.79 Å². The van der Waals surface area contributed by atoms with E-state index in [1.54, 1.807) is 24.3 Å². The second-order valence-electron chi connectivity index (χ2n) is 3.13. The summed E-state index contributed by atoms with van der Waals surface area (Å²) in [5.74, 6) is -0.311. The summed E-state index contributed by atoms with van der Waals surface area (Å²) in [6, 6.07) is 8.65. The average molecular weight is 215 g/mol. The first-order chi connectivity index (χ1) is 7.70. The first-order valence-corrected chi connectivity index (χ1v) is 4.54. The maximum absolute atomic E-state index is 12.0. The fraction of sp³-hybridized carbons (Fsp3) is 0. The molecule has 1 aromatic carbocycles. The van der Waals surface area contributed by atoms with E-state index in [-0.39, 0.29) is 23.0 Å². The van der Waals surface area contributed by atoms with Gasteiger partial charge in [-0.25, -0.2) is 0 Å². The van der Waals surface area contributed by atoms with E-state index >= 15 is 0 Å². The van der Waals surface area contributed by atoms with Crippen LogP contribution in [0, 0.1) is 0 Å². The molecule has 4 N–H and O–H groups in total. The van der Waals surface area contributed by atoms with Gasteiger partial charge >= 0.3 is 0 Å². The van der Waals surface area contributed by atoms with Gasteiger partial charge in [0.2, 0.25) is 5.78 Å². The van der Waals surface area contributed by atoms with Crippen LogP contribution in [0.1, 0.15) is 16.1 Å². The Morgan fingerprint density at radius 1 is 1.06 bits per heavy atom. The molecule has 0 aliphatic rings. The Kier molecular flexibility index (Phi) is 2.47. The molecule has 0 aliphatic heterocycles. The predicted octanol–water partition coefficient (Wildman–Crippen LogP) is 0.267. The molecule has 0 aliphatic carbocycles. The Balaban J connectivity index is 2.46. The molecule has 1 aromatic heterocycles. The maximum Gasteiger partial charge on any atom is 0.215 e. The zero-order chi connectivity index (χ0) is 11.5. The minimum atomic E-state index is -0.320. The number of hydrogen-bond acceptors (Lipinski definition) is 6. The SMILES string of the molecule is Nc1nnnc(C(=O)c2ccccc2)c1N. The molecular formula is C10H9N5O. The monoisotopic (exact) mass is 215 g/mol. The molecule has 0 saturated carbocycles. The topological polar surface area (TPSA) is 108 Å². The number of carbonyl (C=O) groups excluding carboxylic acids is 1. The highest BCUT2D eigenvalue weighted by molar-refractivity contribution is 6.11. The van der Waals surface area contributed by atoms with Crippen LogP contribution in [0.15, 0.2) is 30.3 Å². The standard InChI is InChI=1S/C10H9N5O/c11-7-8(13-15-14-10(7)12)9(16)6-4-2-1-3-5-6/h1-5H,(H2,11,15)(H2,12,13,14). The quantitative estimate of drug-likeness (QED) is 0.696. The second-order valence-corrected chi connectivity index (χ2v) is 3.13. The number of aromatic nitrogens is 3. The molecule has 0 saturated heterocycles. The lowest BCUT2D eigenvalue weighted by Gasteiger charge is -2.03. The van der Waals surface area contributed by atoms with Crippen LogP contribution in [0.2, 0.25) is 0 Å². The molecule has 0 unspecified atom stereocenters. The molecule has 80 valence electrons. The molecule has 0 bridgehead atoms. The first kappa shape index (κ1) is 10.0. The van der Waals surface area contributed by atoms with Crippen molar-refractivity contribution in [1.82, 2.24) is 15.4 Å². The number of anilines is 2. The van der Waals surface area contributed by atoms with Crippen molar-refractivity contribution < 1.29 is 4.79 Å². The summed E-state index contributed by atoms with van der Waals surface area (Å²) >= 11 is 0. The van der Waals surface area contributed by atoms with E-state index in [0.717, 1.165) is 0 Å². The van der Waals surface area contributed by atoms with Gasteiger partial charge in [-0.15, -0.1) is 10.2 Å². The summed E-state index contributed by atoms with van der Waals surface area (Å²) in [5, 5.41) is 10.4. The highest BCUT2D eigenvalue weighted by Crippen LogP contribution is 2.16. The summed E-state index contributed by atoms with van der Waals surface area (Å²) in [6.07, 6.45) is 0. The Hall–Kier alpha value is -2.50. The lowest BCUT2D eigenvalue weighted by atomic mass is 10.1. The number of hydrogen-bond donors (Lipinski definition) is 2. The van der Waals surface area contributed by atoms with E-state index in [1.165, 1.54) is 0 Å². The third-order valence-corrected chi connectivity index (χ3v) is 2.08. The first-order valence-electron chi connectivity index (χ1n) is 4.54. The fourth-order valence-electron chi connectivity index (χ4n) is 1.24. The van der Waals surface area contributed by atoms with Gasteiger partial charge in [-0.2, -0.15) is 0 Å². The van der Waals surface area contributed by atoms with Gasteiger partial charge in [-0.05, 0) is 5.21 Å². The van der Waals surface area contributed by atoms with E-state index in [2.05, 4.69) is 15.4 Å². The molecule has 6 heteroatoms. The number of nitrogens with zero attached hydrogens (tertiary/aromatic N) is 3. The van der Waals surface area contributed by atoms with Gasteiger partial charge in [-0.1, -0.05) is 30.3 Å². The van der Waals surface area contributed by atoms with Crippen LogP contribution < -0.4 is 11.5 Å². The lowest BCUT2D eigenvalue weighted by molar-refractivity contribution is 0.103. The second kappa shape index (κ2) is 3.93. The molecule has 2 rings (SSSR count). The van der Waals surface area contributed by atoms with Crippen LogP contribution >= 0.6 is 0 Å². The van der Waals surface area contributed by atoms with E-state index in [4.69, 9.17) is 11.5 Å². The van der Waals surface area contributed by atoms with Gasteiger partial charge in [0.15, 0.2) is 11.5 Å². The van der Waals surface area contributed by atoms with E-state index < -0.39 is 0 Å². The Morgan fingerprint density at radius 2 is 1.75 bits per heavy atom. The van der Waals surface area contributed by atoms with Crippen molar-refractivity contribution in [2.45, 2.75) is 0 Å². The van der Waals surface area contributed by atoms with Gasteiger partial charge in [0.1, 0.15) is 5.69 Å². The minimum absolute atomic E-state index is 0.00859. The molecule has 0 atom stereocenters. The average Bonchev–Trinajstić information content (AvgIpc) is 2.33. The summed E-state index contributed by atoms with van der Waals surface area (Å²) in [7, 11) is 0. The van der Waals surface area contributed by atoms with Crippen molar-refractivity contribution in [2.75, 3.05) is 11.5 Å². The van der Waals surface area contributed by atoms with E-state index in [0.29, 0.717) is 5.56 Å². The largest absolute Gasteiger partial charge is 0.394 e. The zero-order valence-electron chi connectivity index (χ0n) is 8.29. The number of nitrogen functional groups attached to an aromatic ring is 2. The molecule has 0 spiro atoms. The zero-order valence-corrected chi connectivity index (χ0v) is 8.29.